The Morgan fingerprint density at radius 1 is 1.33 bits per heavy atom. The summed E-state index contributed by atoms with van der Waals surface area (Å²) in [5, 5.41) is 2.84. The number of carbonyl (C=O) groups excluding carboxylic acids is 1. The maximum atomic E-state index is 12.0. The van der Waals surface area contributed by atoms with E-state index in [0.717, 1.165) is 36.9 Å². The summed E-state index contributed by atoms with van der Waals surface area (Å²) in [5.41, 5.74) is 7.13. The van der Waals surface area contributed by atoms with Crippen molar-refractivity contribution < 1.29 is 4.79 Å². The summed E-state index contributed by atoms with van der Waals surface area (Å²) in [6, 6.07) is 1.89. The van der Waals surface area contributed by atoms with Gasteiger partial charge in [0.25, 0.3) is 0 Å². The normalized spacial score (nSPS) is 16.3. The number of anilines is 1. The maximum Gasteiger partial charge on any atom is 0.244 e. The second kappa shape index (κ2) is 6.92. The number of aryl methyl sites for hydroxylation is 1. The van der Waals surface area contributed by atoms with E-state index in [1.165, 1.54) is 0 Å². The van der Waals surface area contributed by atoms with Crippen LogP contribution in [-0.4, -0.2) is 16.4 Å². The average Bonchev–Trinajstić information content (AvgIpc) is 2.66. The molecule has 1 heterocycles. The topological polar surface area (TPSA) is 68.0 Å². The Morgan fingerprint density at radius 2 is 1.94 bits per heavy atom. The number of halogens is 2. The van der Waals surface area contributed by atoms with Crippen LogP contribution >= 0.6 is 24.8 Å². The molecule has 1 aromatic heterocycles. The summed E-state index contributed by atoms with van der Waals surface area (Å²) in [4.78, 5) is 16.0. The van der Waals surface area contributed by atoms with E-state index in [1.807, 2.05) is 13.0 Å². The molecule has 1 fully saturated rings. The zero-order valence-electron chi connectivity index (χ0n) is 10.3. The van der Waals surface area contributed by atoms with E-state index in [0.29, 0.717) is 0 Å². The van der Waals surface area contributed by atoms with Crippen LogP contribution in [0.3, 0.4) is 0 Å². The lowest BCUT2D eigenvalue weighted by atomic mass is 9.98. The standard InChI is InChI=1S/C12H17N3O.2ClH/c1-9-6-10(8-14-7-9)15-11(16)12(13)4-2-3-5-12;;/h6-8H,2-5,13H2,1H3,(H,15,16);2*1H. The molecule has 0 spiro atoms. The summed E-state index contributed by atoms with van der Waals surface area (Å²) in [5.74, 6) is -0.0857. The molecule has 6 heteroatoms. The lowest BCUT2D eigenvalue weighted by Crippen LogP contribution is -2.48. The van der Waals surface area contributed by atoms with Crippen LogP contribution in [0.15, 0.2) is 18.5 Å². The Morgan fingerprint density at radius 3 is 2.50 bits per heavy atom. The molecule has 1 aromatic rings. The minimum absolute atomic E-state index is 0. The summed E-state index contributed by atoms with van der Waals surface area (Å²) >= 11 is 0. The van der Waals surface area contributed by atoms with Gasteiger partial charge in [-0.1, -0.05) is 12.8 Å². The van der Waals surface area contributed by atoms with Gasteiger partial charge in [0.05, 0.1) is 17.4 Å². The fourth-order valence-electron chi connectivity index (χ4n) is 2.11. The first kappa shape index (κ1) is 17.2. The molecule has 1 aliphatic carbocycles. The predicted octanol–water partition coefficient (Wildman–Crippen LogP) is 2.44. The molecule has 18 heavy (non-hydrogen) atoms. The van der Waals surface area contributed by atoms with Crippen molar-refractivity contribution in [3.8, 4) is 0 Å². The molecule has 1 saturated carbocycles. The molecule has 0 unspecified atom stereocenters. The number of aromatic nitrogens is 1. The van der Waals surface area contributed by atoms with Gasteiger partial charge in [0, 0.05) is 6.20 Å². The zero-order chi connectivity index (χ0) is 11.6. The molecule has 0 radical (unpaired) electrons. The number of pyridine rings is 1. The number of hydrogen-bond donors (Lipinski definition) is 2. The van der Waals surface area contributed by atoms with Crippen molar-refractivity contribution in [3.05, 3.63) is 24.0 Å². The highest BCUT2D eigenvalue weighted by atomic mass is 35.5. The van der Waals surface area contributed by atoms with Crippen LogP contribution in [0.2, 0.25) is 0 Å². The van der Waals surface area contributed by atoms with Gasteiger partial charge in [-0.25, -0.2) is 0 Å². The summed E-state index contributed by atoms with van der Waals surface area (Å²) in [6.07, 6.45) is 7.02. The monoisotopic (exact) mass is 291 g/mol. The molecule has 0 aromatic carbocycles. The second-order valence-corrected chi connectivity index (χ2v) is 4.57. The van der Waals surface area contributed by atoms with Crippen LogP contribution < -0.4 is 11.1 Å². The summed E-state index contributed by atoms with van der Waals surface area (Å²) < 4.78 is 0. The molecule has 1 aliphatic rings. The van der Waals surface area contributed by atoms with Crippen molar-refractivity contribution in [2.75, 3.05) is 5.32 Å². The maximum absolute atomic E-state index is 12.0. The molecule has 2 rings (SSSR count). The third kappa shape index (κ3) is 3.83. The highest BCUT2D eigenvalue weighted by Gasteiger charge is 2.36. The number of hydrogen-bond acceptors (Lipinski definition) is 3. The van der Waals surface area contributed by atoms with Crippen LogP contribution in [-0.2, 0) is 4.79 Å². The van der Waals surface area contributed by atoms with Crippen LogP contribution in [0.5, 0.6) is 0 Å². The first-order valence-electron chi connectivity index (χ1n) is 5.62. The number of nitrogens with one attached hydrogen (secondary N) is 1. The fourth-order valence-corrected chi connectivity index (χ4v) is 2.11. The van der Waals surface area contributed by atoms with E-state index in [2.05, 4.69) is 10.3 Å². The van der Waals surface area contributed by atoms with Gasteiger partial charge in [-0.3, -0.25) is 9.78 Å². The van der Waals surface area contributed by atoms with Gasteiger partial charge in [-0.05, 0) is 31.4 Å². The van der Waals surface area contributed by atoms with E-state index in [9.17, 15) is 4.79 Å². The number of amides is 1. The number of nitrogens with zero attached hydrogens (tertiary/aromatic N) is 1. The van der Waals surface area contributed by atoms with Crippen molar-refractivity contribution in [1.29, 1.82) is 0 Å². The summed E-state index contributed by atoms with van der Waals surface area (Å²) in [6.45, 7) is 1.94. The molecule has 3 N–H and O–H groups in total. The molecule has 1 amide bonds. The second-order valence-electron chi connectivity index (χ2n) is 4.57. The van der Waals surface area contributed by atoms with Gasteiger partial charge in [0.2, 0.25) is 5.91 Å². The third-order valence-corrected chi connectivity index (χ3v) is 3.08. The number of nitrogens with two attached hydrogens (primary N) is 1. The Bertz CT molecular complexity index is 406. The molecule has 102 valence electrons. The average molecular weight is 292 g/mol. The Balaban J connectivity index is 0.00000144. The van der Waals surface area contributed by atoms with Crippen LogP contribution in [0, 0.1) is 6.92 Å². The molecule has 0 saturated heterocycles. The van der Waals surface area contributed by atoms with Crippen LogP contribution in [0.1, 0.15) is 31.2 Å². The summed E-state index contributed by atoms with van der Waals surface area (Å²) in [7, 11) is 0. The van der Waals surface area contributed by atoms with Gasteiger partial charge < -0.3 is 11.1 Å². The van der Waals surface area contributed by atoms with E-state index in [4.69, 9.17) is 5.73 Å². The number of carbonyl (C=O) groups is 1. The van der Waals surface area contributed by atoms with Gasteiger partial charge in [0.15, 0.2) is 0 Å². The van der Waals surface area contributed by atoms with Crippen LogP contribution in [0.25, 0.3) is 0 Å². The van der Waals surface area contributed by atoms with Crippen molar-refractivity contribution in [3.63, 3.8) is 0 Å². The quantitative estimate of drug-likeness (QED) is 0.879. The Labute approximate surface area is 120 Å². The molecule has 0 bridgehead atoms. The van der Waals surface area contributed by atoms with E-state index < -0.39 is 5.54 Å². The van der Waals surface area contributed by atoms with E-state index in [1.54, 1.807) is 12.4 Å². The van der Waals surface area contributed by atoms with Gasteiger partial charge in [-0.15, -0.1) is 24.8 Å². The smallest absolute Gasteiger partial charge is 0.244 e. The van der Waals surface area contributed by atoms with Gasteiger partial charge in [-0.2, -0.15) is 0 Å². The minimum atomic E-state index is -0.677. The molecular weight excluding hydrogens is 273 g/mol. The van der Waals surface area contributed by atoms with Crippen molar-refractivity contribution in [2.45, 2.75) is 38.1 Å². The lowest BCUT2D eigenvalue weighted by molar-refractivity contribution is -0.121. The highest BCUT2D eigenvalue weighted by molar-refractivity contribution is 5.98. The van der Waals surface area contributed by atoms with Gasteiger partial charge in [0.1, 0.15) is 0 Å². The van der Waals surface area contributed by atoms with Crippen molar-refractivity contribution >= 4 is 36.4 Å². The van der Waals surface area contributed by atoms with E-state index in [-0.39, 0.29) is 30.7 Å². The zero-order valence-corrected chi connectivity index (χ0v) is 11.9. The first-order valence-corrected chi connectivity index (χ1v) is 5.62. The molecule has 0 atom stereocenters. The largest absolute Gasteiger partial charge is 0.323 e. The molecular formula is C12H19Cl2N3O. The predicted molar refractivity (Wildman–Crippen MR) is 77.5 cm³/mol. The number of rotatable bonds is 2. The lowest BCUT2D eigenvalue weighted by Gasteiger charge is -2.22. The van der Waals surface area contributed by atoms with Gasteiger partial charge >= 0.3 is 0 Å². The first-order chi connectivity index (χ1) is 7.60. The SMILES string of the molecule is Cc1cncc(NC(=O)C2(N)CCCC2)c1.Cl.Cl. The van der Waals surface area contributed by atoms with E-state index >= 15 is 0 Å². The van der Waals surface area contributed by atoms with Crippen molar-refractivity contribution in [2.24, 2.45) is 5.73 Å². The Kier molecular flexibility index (Phi) is 6.60. The minimum Gasteiger partial charge on any atom is -0.323 e. The fraction of sp³-hybridized carbons (Fsp3) is 0.500. The van der Waals surface area contributed by atoms with Crippen LogP contribution in [0.4, 0.5) is 5.69 Å². The third-order valence-electron chi connectivity index (χ3n) is 3.08. The van der Waals surface area contributed by atoms with Crippen molar-refractivity contribution in [1.82, 2.24) is 4.98 Å². The molecule has 0 aliphatic heterocycles. The highest BCUT2D eigenvalue weighted by Crippen LogP contribution is 2.28. The Hall–Kier alpha value is -0.840. The molecule has 4 nitrogen and oxygen atoms in total.